The molecule has 3 aromatic rings. The fourth-order valence-corrected chi connectivity index (χ4v) is 4.70. The van der Waals surface area contributed by atoms with Crippen molar-refractivity contribution in [1.29, 1.82) is 0 Å². The van der Waals surface area contributed by atoms with Gasteiger partial charge in [0.2, 0.25) is 5.91 Å². The van der Waals surface area contributed by atoms with Crippen molar-refractivity contribution in [3.8, 4) is 17.2 Å². The highest BCUT2D eigenvalue weighted by atomic mass is 16.2. The number of aromatic nitrogens is 4. The van der Waals surface area contributed by atoms with Crippen molar-refractivity contribution in [2.75, 3.05) is 19.6 Å². The number of rotatable bonds is 6. The van der Waals surface area contributed by atoms with Crippen LogP contribution in [0.15, 0.2) is 36.7 Å². The van der Waals surface area contributed by atoms with Gasteiger partial charge >= 0.3 is 0 Å². The molecule has 2 aromatic heterocycles. The Labute approximate surface area is 193 Å². The first-order valence-electron chi connectivity index (χ1n) is 11.7. The van der Waals surface area contributed by atoms with Crippen molar-refractivity contribution < 1.29 is 9.59 Å². The van der Waals surface area contributed by atoms with Gasteiger partial charge in [-0.1, -0.05) is 24.3 Å². The fraction of sp³-hybridized carbons (Fsp3) is 0.400. The highest BCUT2D eigenvalue weighted by Gasteiger charge is 2.21. The molecule has 5 rings (SSSR count). The van der Waals surface area contributed by atoms with Crippen LogP contribution in [0.25, 0.3) is 17.2 Å². The minimum absolute atomic E-state index is 0.174. The lowest BCUT2D eigenvalue weighted by molar-refractivity contribution is -0.127. The summed E-state index contributed by atoms with van der Waals surface area (Å²) in [7, 11) is 0. The number of amides is 2. The molecule has 1 aromatic carbocycles. The van der Waals surface area contributed by atoms with Gasteiger partial charge in [0.1, 0.15) is 0 Å². The van der Waals surface area contributed by atoms with E-state index in [1.54, 1.807) is 10.9 Å². The van der Waals surface area contributed by atoms with E-state index in [4.69, 9.17) is 4.98 Å². The molecule has 0 saturated carbocycles. The minimum Gasteiger partial charge on any atom is -0.352 e. The van der Waals surface area contributed by atoms with E-state index < -0.39 is 0 Å². The summed E-state index contributed by atoms with van der Waals surface area (Å²) >= 11 is 0. The molecule has 3 heterocycles. The Balaban J connectivity index is 1.31. The molecule has 1 N–H and O–H groups in total. The van der Waals surface area contributed by atoms with Crippen LogP contribution in [-0.4, -0.2) is 56.1 Å². The van der Waals surface area contributed by atoms with E-state index in [9.17, 15) is 9.59 Å². The first-order valence-corrected chi connectivity index (χ1v) is 11.7. The highest BCUT2D eigenvalue weighted by molar-refractivity contribution is 5.95. The first-order chi connectivity index (χ1) is 16.1. The molecule has 0 radical (unpaired) electrons. The van der Waals surface area contributed by atoms with Gasteiger partial charge in [0.15, 0.2) is 0 Å². The maximum Gasteiger partial charge on any atom is 0.254 e. The molecule has 0 atom stereocenters. The third-order valence-electron chi connectivity index (χ3n) is 6.52. The van der Waals surface area contributed by atoms with Gasteiger partial charge in [-0.25, -0.2) is 14.6 Å². The molecular formula is C25H28N6O2. The highest BCUT2D eigenvalue weighted by Crippen LogP contribution is 2.31. The van der Waals surface area contributed by atoms with Gasteiger partial charge in [0.25, 0.3) is 11.9 Å². The van der Waals surface area contributed by atoms with Crippen LogP contribution in [0.2, 0.25) is 0 Å². The quantitative estimate of drug-likeness (QED) is 0.590. The number of carbonyl (C=O) groups is 2. The standard InChI is InChI=1S/C25H28N6O2/c1-17-21(24(33)26-12-6-14-30-13-5-11-22(30)32)16-28-31(17)25-27-15-19-9-4-8-18-7-2-3-10-20(18)23(19)29-25/h2-3,7,10,15-16H,4-6,8-9,11-14H2,1H3,(H,26,33). The summed E-state index contributed by atoms with van der Waals surface area (Å²) in [6, 6.07) is 8.38. The number of hydrogen-bond donors (Lipinski definition) is 1. The summed E-state index contributed by atoms with van der Waals surface area (Å²) in [5, 5.41) is 7.36. The number of nitrogens with zero attached hydrogens (tertiary/aromatic N) is 5. The third kappa shape index (κ3) is 4.25. The summed E-state index contributed by atoms with van der Waals surface area (Å²) in [4.78, 5) is 35.7. The predicted molar refractivity (Wildman–Crippen MR) is 124 cm³/mol. The Kier molecular flexibility index (Phi) is 5.90. The summed E-state index contributed by atoms with van der Waals surface area (Å²) in [5.41, 5.74) is 5.74. The minimum atomic E-state index is -0.174. The number of hydrogen-bond acceptors (Lipinski definition) is 5. The summed E-state index contributed by atoms with van der Waals surface area (Å²) in [6.45, 7) is 3.87. The van der Waals surface area contributed by atoms with Crippen molar-refractivity contribution in [3.05, 3.63) is 59.0 Å². The number of nitrogens with one attached hydrogen (secondary N) is 1. The molecule has 1 aliphatic carbocycles. The molecule has 8 heteroatoms. The Morgan fingerprint density at radius 3 is 2.79 bits per heavy atom. The number of benzene rings is 1. The van der Waals surface area contributed by atoms with Crippen molar-refractivity contribution in [2.45, 2.75) is 45.4 Å². The summed E-state index contributed by atoms with van der Waals surface area (Å²) < 4.78 is 1.63. The second kappa shape index (κ2) is 9.13. The Morgan fingerprint density at radius 2 is 1.94 bits per heavy atom. The van der Waals surface area contributed by atoms with Gasteiger partial charge in [-0.15, -0.1) is 0 Å². The second-order valence-corrected chi connectivity index (χ2v) is 8.70. The van der Waals surface area contributed by atoms with Crippen molar-refractivity contribution in [3.63, 3.8) is 0 Å². The molecular weight excluding hydrogens is 416 g/mol. The molecule has 170 valence electrons. The van der Waals surface area contributed by atoms with E-state index in [1.807, 2.05) is 24.1 Å². The number of likely N-dealkylation sites (tertiary alicyclic amines) is 1. The third-order valence-corrected chi connectivity index (χ3v) is 6.52. The zero-order valence-electron chi connectivity index (χ0n) is 18.9. The van der Waals surface area contributed by atoms with Crippen LogP contribution in [0, 0.1) is 6.92 Å². The van der Waals surface area contributed by atoms with Gasteiger partial charge in [0.05, 0.1) is 23.1 Å². The molecule has 0 unspecified atom stereocenters. The summed E-state index contributed by atoms with van der Waals surface area (Å²) in [6.07, 6.45) is 8.80. The van der Waals surface area contributed by atoms with Gasteiger partial charge in [-0.2, -0.15) is 5.10 Å². The number of fused-ring (bicyclic) bond motifs is 3. The SMILES string of the molecule is Cc1c(C(=O)NCCCN2CCCC2=O)cnn1-c1ncc2c(n1)-c1ccccc1CCC2. The van der Waals surface area contributed by atoms with Gasteiger partial charge < -0.3 is 10.2 Å². The van der Waals surface area contributed by atoms with E-state index in [1.165, 1.54) is 5.56 Å². The van der Waals surface area contributed by atoms with Crippen LogP contribution < -0.4 is 5.32 Å². The van der Waals surface area contributed by atoms with Crippen LogP contribution in [0.1, 0.15) is 52.9 Å². The maximum absolute atomic E-state index is 12.7. The normalized spacial score (nSPS) is 15.2. The average molecular weight is 445 g/mol. The van der Waals surface area contributed by atoms with Crippen LogP contribution >= 0.6 is 0 Å². The molecule has 33 heavy (non-hydrogen) atoms. The Hall–Kier alpha value is -3.55. The first kappa shape index (κ1) is 21.3. The zero-order chi connectivity index (χ0) is 22.8. The lowest BCUT2D eigenvalue weighted by Gasteiger charge is -2.15. The molecule has 1 saturated heterocycles. The Bertz CT molecular complexity index is 1200. The predicted octanol–water partition coefficient (Wildman–Crippen LogP) is 2.87. The van der Waals surface area contributed by atoms with Crippen molar-refractivity contribution >= 4 is 11.8 Å². The van der Waals surface area contributed by atoms with Gasteiger partial charge in [-0.3, -0.25) is 9.59 Å². The van der Waals surface area contributed by atoms with Crippen LogP contribution in [-0.2, 0) is 17.6 Å². The second-order valence-electron chi connectivity index (χ2n) is 8.70. The molecule has 0 bridgehead atoms. The zero-order valence-corrected chi connectivity index (χ0v) is 18.9. The van der Waals surface area contributed by atoms with Crippen LogP contribution in [0.5, 0.6) is 0 Å². The van der Waals surface area contributed by atoms with E-state index in [2.05, 4.69) is 33.6 Å². The Morgan fingerprint density at radius 1 is 1.09 bits per heavy atom. The fourth-order valence-electron chi connectivity index (χ4n) is 4.70. The average Bonchev–Trinajstić information content (AvgIpc) is 3.36. The number of carbonyl (C=O) groups excluding carboxylic acids is 2. The molecule has 1 aliphatic heterocycles. The smallest absolute Gasteiger partial charge is 0.254 e. The van der Waals surface area contributed by atoms with E-state index in [0.29, 0.717) is 36.7 Å². The maximum atomic E-state index is 12.7. The van der Waals surface area contributed by atoms with Crippen LogP contribution in [0.4, 0.5) is 0 Å². The van der Waals surface area contributed by atoms with E-state index in [0.717, 1.165) is 55.5 Å². The molecule has 1 fully saturated rings. The monoisotopic (exact) mass is 444 g/mol. The number of aryl methyl sites for hydroxylation is 2. The largest absolute Gasteiger partial charge is 0.352 e. The summed E-state index contributed by atoms with van der Waals surface area (Å²) in [5.74, 6) is 0.503. The van der Waals surface area contributed by atoms with Gasteiger partial charge in [0, 0.05) is 37.8 Å². The topological polar surface area (TPSA) is 93.0 Å². The van der Waals surface area contributed by atoms with Crippen molar-refractivity contribution in [1.82, 2.24) is 30.0 Å². The lowest BCUT2D eigenvalue weighted by atomic mass is 10.0. The van der Waals surface area contributed by atoms with Crippen LogP contribution in [0.3, 0.4) is 0 Å². The van der Waals surface area contributed by atoms with E-state index in [-0.39, 0.29) is 11.8 Å². The molecule has 2 aliphatic rings. The van der Waals surface area contributed by atoms with Crippen molar-refractivity contribution in [2.24, 2.45) is 0 Å². The van der Waals surface area contributed by atoms with Gasteiger partial charge in [-0.05, 0) is 50.2 Å². The molecule has 2 amide bonds. The molecule has 0 spiro atoms. The lowest BCUT2D eigenvalue weighted by Crippen LogP contribution is -2.30. The molecule has 8 nitrogen and oxygen atoms in total. The van der Waals surface area contributed by atoms with E-state index >= 15 is 0 Å².